The lowest BCUT2D eigenvalue weighted by molar-refractivity contribution is -0.120. The molecule has 1 aromatic rings. The molecule has 17 heavy (non-hydrogen) atoms. The van der Waals surface area contributed by atoms with Gasteiger partial charge in [-0.3, -0.25) is 4.79 Å². The van der Waals surface area contributed by atoms with Gasteiger partial charge in [0.1, 0.15) is 5.78 Å². The number of rotatable bonds is 3. The number of benzene rings is 1. The number of Topliss-reactive ketones (excluding diaryl/α,β-unsaturated/α-hetero) is 1. The van der Waals surface area contributed by atoms with Crippen molar-refractivity contribution in [1.29, 1.82) is 0 Å². The van der Waals surface area contributed by atoms with Crippen molar-refractivity contribution in [2.45, 2.75) is 45.4 Å². The first-order valence-electron chi connectivity index (χ1n) is 6.39. The Labute approximate surface area is 112 Å². The Balaban J connectivity index is 2.12. The van der Waals surface area contributed by atoms with Gasteiger partial charge < -0.3 is 0 Å². The summed E-state index contributed by atoms with van der Waals surface area (Å²) < 4.78 is 1.18. The molecule has 2 rings (SSSR count). The summed E-state index contributed by atoms with van der Waals surface area (Å²) in [5.74, 6) is 1.26. The van der Waals surface area contributed by atoms with Gasteiger partial charge in [-0.2, -0.15) is 0 Å². The zero-order valence-corrected chi connectivity index (χ0v) is 12.1. The monoisotopic (exact) mass is 294 g/mol. The summed E-state index contributed by atoms with van der Waals surface area (Å²) in [7, 11) is 0. The minimum atomic E-state index is 0.270. The van der Waals surface area contributed by atoms with Gasteiger partial charge in [-0.05, 0) is 42.4 Å². The van der Waals surface area contributed by atoms with Crippen LogP contribution in [0.5, 0.6) is 0 Å². The van der Waals surface area contributed by atoms with E-state index in [1.54, 1.807) is 0 Å². The lowest BCUT2D eigenvalue weighted by atomic mass is 9.95. The van der Waals surface area contributed by atoms with Crippen LogP contribution in [0.3, 0.4) is 0 Å². The molecule has 0 aromatic heterocycles. The van der Waals surface area contributed by atoms with Crippen LogP contribution in [0.2, 0.25) is 0 Å². The molecular formula is C15H19BrO. The van der Waals surface area contributed by atoms with E-state index in [4.69, 9.17) is 0 Å². The molecule has 0 heterocycles. The number of carbonyl (C=O) groups excluding carboxylic acids is 1. The second kappa shape index (κ2) is 5.34. The van der Waals surface area contributed by atoms with E-state index in [2.05, 4.69) is 48.0 Å². The standard InChI is InChI=1S/C15H19BrO/c1-10(2)13-7-6-11(9-14(13)16)8-12-4-3-5-15(12)17/h6-7,9-10,12H,3-5,8H2,1-2H3. The fourth-order valence-electron chi connectivity index (χ4n) is 2.55. The van der Waals surface area contributed by atoms with E-state index in [-0.39, 0.29) is 5.92 Å². The Morgan fingerprint density at radius 3 is 2.71 bits per heavy atom. The smallest absolute Gasteiger partial charge is 0.136 e. The van der Waals surface area contributed by atoms with Crippen LogP contribution in [0.1, 0.15) is 50.2 Å². The van der Waals surface area contributed by atoms with Gasteiger partial charge in [0, 0.05) is 16.8 Å². The number of halogens is 1. The van der Waals surface area contributed by atoms with Crippen molar-refractivity contribution in [1.82, 2.24) is 0 Å². The molecule has 1 nitrogen and oxygen atoms in total. The molecule has 0 radical (unpaired) electrons. The van der Waals surface area contributed by atoms with Gasteiger partial charge >= 0.3 is 0 Å². The minimum Gasteiger partial charge on any atom is -0.299 e. The molecule has 1 aliphatic carbocycles. The van der Waals surface area contributed by atoms with Crippen molar-refractivity contribution in [3.05, 3.63) is 33.8 Å². The van der Waals surface area contributed by atoms with Crippen LogP contribution in [0, 0.1) is 5.92 Å². The molecule has 0 aliphatic heterocycles. The molecule has 1 saturated carbocycles. The van der Waals surface area contributed by atoms with Crippen molar-refractivity contribution >= 4 is 21.7 Å². The molecule has 0 saturated heterocycles. The van der Waals surface area contributed by atoms with Gasteiger partial charge in [-0.25, -0.2) is 0 Å². The maximum absolute atomic E-state index is 11.6. The largest absolute Gasteiger partial charge is 0.299 e. The summed E-state index contributed by atoms with van der Waals surface area (Å²) in [5.41, 5.74) is 2.62. The predicted octanol–water partition coefficient (Wildman–Crippen LogP) is 4.48. The molecule has 0 N–H and O–H groups in total. The van der Waals surface area contributed by atoms with E-state index in [9.17, 15) is 4.79 Å². The van der Waals surface area contributed by atoms with Gasteiger partial charge in [0.25, 0.3) is 0 Å². The summed E-state index contributed by atoms with van der Waals surface area (Å²) in [6.45, 7) is 4.39. The molecule has 92 valence electrons. The van der Waals surface area contributed by atoms with Crippen molar-refractivity contribution in [2.24, 2.45) is 5.92 Å². The zero-order chi connectivity index (χ0) is 12.4. The van der Waals surface area contributed by atoms with Crippen LogP contribution in [0.25, 0.3) is 0 Å². The lowest BCUT2D eigenvalue weighted by Crippen LogP contribution is -2.09. The SMILES string of the molecule is CC(C)c1ccc(CC2CCCC2=O)cc1Br. The Hall–Kier alpha value is -0.630. The molecule has 1 atom stereocenters. The topological polar surface area (TPSA) is 17.1 Å². The van der Waals surface area contributed by atoms with Crippen molar-refractivity contribution in [3.8, 4) is 0 Å². The Morgan fingerprint density at radius 1 is 1.41 bits per heavy atom. The highest BCUT2D eigenvalue weighted by Gasteiger charge is 2.24. The average Bonchev–Trinajstić information content (AvgIpc) is 2.64. The molecule has 0 spiro atoms. The van der Waals surface area contributed by atoms with Gasteiger partial charge in [-0.15, -0.1) is 0 Å². The van der Waals surface area contributed by atoms with Gasteiger partial charge in [0.05, 0.1) is 0 Å². The number of ketones is 1. The van der Waals surface area contributed by atoms with Crippen molar-refractivity contribution < 1.29 is 4.79 Å². The van der Waals surface area contributed by atoms with E-state index in [0.29, 0.717) is 11.7 Å². The molecular weight excluding hydrogens is 276 g/mol. The van der Waals surface area contributed by atoms with E-state index >= 15 is 0 Å². The molecule has 1 unspecified atom stereocenters. The first-order valence-corrected chi connectivity index (χ1v) is 7.18. The third-order valence-corrected chi connectivity index (χ3v) is 4.29. The Bertz CT molecular complexity index is 423. The predicted molar refractivity (Wildman–Crippen MR) is 74.3 cm³/mol. The van der Waals surface area contributed by atoms with Crippen LogP contribution in [-0.4, -0.2) is 5.78 Å². The summed E-state index contributed by atoms with van der Waals surface area (Å²) in [4.78, 5) is 11.6. The maximum Gasteiger partial charge on any atom is 0.136 e. The van der Waals surface area contributed by atoms with E-state index in [0.717, 1.165) is 25.7 Å². The summed E-state index contributed by atoms with van der Waals surface area (Å²) in [6, 6.07) is 6.54. The van der Waals surface area contributed by atoms with Crippen LogP contribution >= 0.6 is 15.9 Å². The highest BCUT2D eigenvalue weighted by molar-refractivity contribution is 9.10. The lowest BCUT2D eigenvalue weighted by Gasteiger charge is -2.12. The summed E-state index contributed by atoms with van der Waals surface area (Å²) in [6.07, 6.45) is 3.85. The molecule has 0 bridgehead atoms. The third kappa shape index (κ3) is 2.98. The third-order valence-electron chi connectivity index (χ3n) is 3.60. The van der Waals surface area contributed by atoms with Crippen LogP contribution < -0.4 is 0 Å². The Morgan fingerprint density at radius 2 is 2.18 bits per heavy atom. The summed E-state index contributed by atoms with van der Waals surface area (Å²) in [5, 5.41) is 0. The second-order valence-corrected chi connectivity index (χ2v) is 6.12. The fourth-order valence-corrected chi connectivity index (χ4v) is 3.44. The quantitative estimate of drug-likeness (QED) is 0.803. The number of hydrogen-bond donors (Lipinski definition) is 0. The molecule has 1 fully saturated rings. The van der Waals surface area contributed by atoms with Gasteiger partial charge in [0.15, 0.2) is 0 Å². The molecule has 2 heteroatoms. The van der Waals surface area contributed by atoms with Crippen LogP contribution in [0.15, 0.2) is 22.7 Å². The second-order valence-electron chi connectivity index (χ2n) is 5.27. The van der Waals surface area contributed by atoms with Crippen molar-refractivity contribution in [2.75, 3.05) is 0 Å². The average molecular weight is 295 g/mol. The van der Waals surface area contributed by atoms with Crippen LogP contribution in [0.4, 0.5) is 0 Å². The van der Waals surface area contributed by atoms with E-state index < -0.39 is 0 Å². The normalized spacial score (nSPS) is 20.2. The summed E-state index contributed by atoms with van der Waals surface area (Å²) >= 11 is 3.63. The fraction of sp³-hybridized carbons (Fsp3) is 0.533. The number of carbonyl (C=O) groups is 1. The minimum absolute atomic E-state index is 0.270. The maximum atomic E-state index is 11.6. The molecule has 1 aromatic carbocycles. The first-order chi connectivity index (χ1) is 8.08. The molecule has 1 aliphatic rings. The highest BCUT2D eigenvalue weighted by atomic mass is 79.9. The van der Waals surface area contributed by atoms with Crippen molar-refractivity contribution in [3.63, 3.8) is 0 Å². The van der Waals surface area contributed by atoms with Crippen LogP contribution in [-0.2, 0) is 11.2 Å². The number of hydrogen-bond acceptors (Lipinski definition) is 1. The van der Waals surface area contributed by atoms with Gasteiger partial charge in [-0.1, -0.05) is 41.9 Å². The van der Waals surface area contributed by atoms with E-state index in [1.807, 2.05) is 0 Å². The zero-order valence-electron chi connectivity index (χ0n) is 10.5. The molecule has 0 amide bonds. The highest BCUT2D eigenvalue weighted by Crippen LogP contribution is 2.29. The van der Waals surface area contributed by atoms with E-state index in [1.165, 1.54) is 15.6 Å². The van der Waals surface area contributed by atoms with Gasteiger partial charge in [0.2, 0.25) is 0 Å². The Kier molecular flexibility index (Phi) is 4.03. The first kappa shape index (κ1) is 12.8.